The molecule has 4 rings (SSSR count). The Hall–Kier alpha value is -4.32. The Balaban J connectivity index is 0.00000103. The van der Waals surface area contributed by atoms with Crippen molar-refractivity contribution in [3.63, 3.8) is 0 Å². The molecule has 0 aliphatic carbocycles. The maximum absolute atomic E-state index is 12.8. The van der Waals surface area contributed by atoms with Crippen LogP contribution in [0.25, 0.3) is 11.0 Å². The van der Waals surface area contributed by atoms with Crippen molar-refractivity contribution in [2.75, 3.05) is 19.4 Å². The molecule has 4 aromatic rings. The highest BCUT2D eigenvalue weighted by Crippen LogP contribution is 2.34. The van der Waals surface area contributed by atoms with Gasteiger partial charge in [-0.05, 0) is 31.2 Å². The number of fused-ring (bicyclic) bond motifs is 1. The number of hydrogen-bond donors (Lipinski definition) is 1. The van der Waals surface area contributed by atoms with E-state index in [-0.39, 0.29) is 11.7 Å². The van der Waals surface area contributed by atoms with Crippen molar-refractivity contribution < 1.29 is 27.2 Å². The molecular weight excluding hydrogens is 462 g/mol. The second kappa shape index (κ2) is 10.5. The van der Waals surface area contributed by atoms with Gasteiger partial charge in [0.1, 0.15) is 17.1 Å². The molecule has 2 heterocycles. The smallest absolute Gasteiger partial charge is 0.335 e. The lowest BCUT2D eigenvalue weighted by Crippen LogP contribution is -2.20. The van der Waals surface area contributed by atoms with Gasteiger partial charge in [-0.3, -0.25) is 9.59 Å². The van der Waals surface area contributed by atoms with Crippen molar-refractivity contribution in [3.8, 4) is 11.5 Å². The van der Waals surface area contributed by atoms with Crippen LogP contribution in [0.2, 0.25) is 0 Å². The van der Waals surface area contributed by atoms with Crippen molar-refractivity contribution >= 4 is 40.2 Å². The zero-order chi connectivity index (χ0) is 24.8. The van der Waals surface area contributed by atoms with Gasteiger partial charge >= 0.3 is 11.6 Å². The van der Waals surface area contributed by atoms with Crippen molar-refractivity contribution in [2.24, 2.45) is 7.05 Å². The van der Waals surface area contributed by atoms with Gasteiger partial charge in [0.25, 0.3) is 11.8 Å². The topological polar surface area (TPSA) is 137 Å². The number of nitrogens with zero attached hydrogens (tertiary/aromatic N) is 4. The number of carbonyl (C=O) groups is 2. The maximum Gasteiger partial charge on any atom is 0.335 e. The molecule has 1 N–H and O–H groups in total. The van der Waals surface area contributed by atoms with Crippen LogP contribution in [0.15, 0.2) is 53.1 Å². The SMILES string of the molecule is Cc1ccc(Oc2cc(C(=O)Nc3cnn(C)n3)cc3oc(C(=O)N(C)C)cc23)cc1.O=S=O. The second-order valence-electron chi connectivity index (χ2n) is 7.35. The van der Waals surface area contributed by atoms with Gasteiger partial charge in [-0.15, -0.1) is 5.10 Å². The van der Waals surface area contributed by atoms with E-state index in [1.54, 1.807) is 39.3 Å². The monoisotopic (exact) mass is 483 g/mol. The third-order valence-corrected chi connectivity index (χ3v) is 4.57. The summed E-state index contributed by atoms with van der Waals surface area (Å²) in [6.07, 6.45) is 1.45. The van der Waals surface area contributed by atoms with Gasteiger partial charge in [0.15, 0.2) is 11.6 Å². The number of ether oxygens (including phenoxy) is 1. The molecule has 34 heavy (non-hydrogen) atoms. The molecule has 0 atom stereocenters. The quantitative estimate of drug-likeness (QED) is 0.457. The van der Waals surface area contributed by atoms with E-state index in [4.69, 9.17) is 17.6 Å². The van der Waals surface area contributed by atoms with E-state index in [2.05, 4.69) is 15.5 Å². The van der Waals surface area contributed by atoms with Crippen LogP contribution >= 0.6 is 0 Å². The number of amides is 2. The fourth-order valence-corrected chi connectivity index (χ4v) is 2.97. The normalized spacial score (nSPS) is 10.2. The van der Waals surface area contributed by atoms with Crippen LogP contribution < -0.4 is 10.1 Å². The Morgan fingerprint density at radius 3 is 2.38 bits per heavy atom. The fraction of sp³-hybridized carbons (Fsp3) is 0.182. The van der Waals surface area contributed by atoms with E-state index in [1.165, 1.54) is 15.9 Å². The van der Waals surface area contributed by atoms with Gasteiger partial charge in [-0.2, -0.15) is 18.3 Å². The van der Waals surface area contributed by atoms with E-state index < -0.39 is 17.5 Å². The molecule has 0 aliphatic rings. The average molecular weight is 484 g/mol. The molecule has 12 heteroatoms. The standard InChI is InChI=1S/C22H21N5O4.O2S/c1-13-5-7-15(8-6-13)30-17-9-14(21(28)24-20-12-23-27(4)25-20)10-18-16(17)11-19(31-18)22(29)26(2)3;1-3-2/h5-12H,1-4H3,(H,24,25,28);. The van der Waals surface area contributed by atoms with E-state index in [1.807, 2.05) is 31.2 Å². The highest BCUT2D eigenvalue weighted by Gasteiger charge is 2.20. The summed E-state index contributed by atoms with van der Waals surface area (Å²) in [5.74, 6) is 0.764. The number of rotatable bonds is 5. The van der Waals surface area contributed by atoms with Crippen LogP contribution in [-0.4, -0.2) is 54.2 Å². The van der Waals surface area contributed by atoms with Crippen molar-refractivity contribution in [1.29, 1.82) is 0 Å². The highest BCUT2D eigenvalue weighted by atomic mass is 32.1. The summed E-state index contributed by atoms with van der Waals surface area (Å²) in [4.78, 5) is 27.9. The summed E-state index contributed by atoms with van der Waals surface area (Å²) in [7, 11) is 4.93. The number of nitrogens with one attached hydrogen (secondary N) is 1. The lowest BCUT2D eigenvalue weighted by Gasteiger charge is -2.09. The molecule has 11 nitrogen and oxygen atoms in total. The predicted octanol–water partition coefficient (Wildman–Crippen LogP) is 2.95. The van der Waals surface area contributed by atoms with Crippen LogP contribution in [0.1, 0.15) is 26.5 Å². The molecule has 2 aromatic carbocycles. The highest BCUT2D eigenvalue weighted by molar-refractivity contribution is 7.51. The number of furan rings is 1. The zero-order valence-corrected chi connectivity index (χ0v) is 19.6. The van der Waals surface area contributed by atoms with Gasteiger partial charge in [0.05, 0.1) is 11.6 Å². The first-order chi connectivity index (χ1) is 16.2. The van der Waals surface area contributed by atoms with Crippen LogP contribution in [-0.2, 0) is 18.6 Å². The third kappa shape index (κ3) is 5.72. The molecule has 176 valence electrons. The number of aryl methyl sites for hydroxylation is 2. The Labute approximate surface area is 197 Å². The molecule has 2 amide bonds. The van der Waals surface area contributed by atoms with E-state index >= 15 is 0 Å². The minimum Gasteiger partial charge on any atom is -0.457 e. The summed E-state index contributed by atoms with van der Waals surface area (Å²) in [6.45, 7) is 1.98. The van der Waals surface area contributed by atoms with Gasteiger partial charge < -0.3 is 19.4 Å². The lowest BCUT2D eigenvalue weighted by atomic mass is 10.1. The number of aromatic nitrogens is 3. The molecular formula is C22H21N5O6S. The molecule has 0 aliphatic heterocycles. The summed E-state index contributed by atoms with van der Waals surface area (Å²) < 4.78 is 28.4. The molecule has 0 unspecified atom stereocenters. The lowest BCUT2D eigenvalue weighted by molar-refractivity contribution is 0.0799. The van der Waals surface area contributed by atoms with Crippen LogP contribution in [0.4, 0.5) is 5.82 Å². The minimum absolute atomic E-state index is 0.153. The van der Waals surface area contributed by atoms with E-state index in [9.17, 15) is 9.59 Å². The van der Waals surface area contributed by atoms with Crippen molar-refractivity contribution in [1.82, 2.24) is 19.9 Å². The fourth-order valence-electron chi connectivity index (χ4n) is 2.97. The van der Waals surface area contributed by atoms with Gasteiger partial charge in [-0.1, -0.05) is 17.7 Å². The minimum atomic E-state index is -0.750. The molecule has 0 saturated carbocycles. The molecule has 2 aromatic heterocycles. The van der Waals surface area contributed by atoms with Gasteiger partial charge in [0, 0.05) is 32.8 Å². The van der Waals surface area contributed by atoms with Gasteiger partial charge in [0.2, 0.25) is 0 Å². The van der Waals surface area contributed by atoms with Crippen LogP contribution in [0.3, 0.4) is 0 Å². The summed E-state index contributed by atoms with van der Waals surface area (Å²) in [6, 6.07) is 12.3. The predicted molar refractivity (Wildman–Crippen MR) is 123 cm³/mol. The van der Waals surface area contributed by atoms with Crippen molar-refractivity contribution in [3.05, 3.63) is 65.5 Å². The van der Waals surface area contributed by atoms with E-state index in [0.29, 0.717) is 33.8 Å². The second-order valence-corrected chi connectivity index (χ2v) is 7.49. The summed E-state index contributed by atoms with van der Waals surface area (Å²) in [5.41, 5.74) is 1.74. The first-order valence-corrected chi connectivity index (χ1v) is 10.5. The number of benzene rings is 2. The van der Waals surface area contributed by atoms with E-state index in [0.717, 1.165) is 5.56 Å². The summed E-state index contributed by atoms with van der Waals surface area (Å²) in [5, 5.41) is 11.3. The van der Waals surface area contributed by atoms with Crippen LogP contribution in [0, 0.1) is 6.92 Å². The van der Waals surface area contributed by atoms with Crippen LogP contribution in [0.5, 0.6) is 11.5 Å². The molecule has 0 radical (unpaired) electrons. The molecule has 0 fully saturated rings. The third-order valence-electron chi connectivity index (χ3n) is 4.57. The number of hydrogen-bond acceptors (Lipinski definition) is 8. The number of anilines is 1. The molecule has 0 saturated heterocycles. The first-order valence-electron chi connectivity index (χ1n) is 9.85. The molecule has 0 spiro atoms. The Bertz CT molecular complexity index is 1370. The molecule has 0 bridgehead atoms. The zero-order valence-electron chi connectivity index (χ0n) is 18.8. The Morgan fingerprint density at radius 1 is 1.12 bits per heavy atom. The largest absolute Gasteiger partial charge is 0.457 e. The number of carbonyl (C=O) groups excluding carboxylic acids is 2. The van der Waals surface area contributed by atoms with Crippen molar-refractivity contribution in [2.45, 2.75) is 6.92 Å². The maximum atomic E-state index is 12.8. The average Bonchev–Trinajstić information content (AvgIpc) is 3.41. The van der Waals surface area contributed by atoms with Gasteiger partial charge in [-0.25, -0.2) is 0 Å². The first kappa shape index (κ1) is 24.3. The summed E-state index contributed by atoms with van der Waals surface area (Å²) >= 11 is -0.750. The Kier molecular flexibility index (Phi) is 7.53. The Morgan fingerprint density at radius 2 is 1.79 bits per heavy atom.